The summed E-state index contributed by atoms with van der Waals surface area (Å²) in [4.78, 5) is 0. The van der Waals surface area contributed by atoms with Gasteiger partial charge in [-0.1, -0.05) is 25.5 Å². The Balaban J connectivity index is 3.17. The highest BCUT2D eigenvalue weighted by atomic mass is 16.7. The van der Waals surface area contributed by atoms with Crippen LogP contribution in [-0.2, 0) is 9.47 Å². The zero-order chi connectivity index (χ0) is 9.23. The van der Waals surface area contributed by atoms with Crippen molar-refractivity contribution in [2.45, 2.75) is 39.9 Å². The zero-order valence-corrected chi connectivity index (χ0v) is 8.38. The van der Waals surface area contributed by atoms with Crippen LogP contribution in [0, 0.1) is 0 Å². The lowest BCUT2D eigenvalue weighted by Gasteiger charge is -2.10. The van der Waals surface area contributed by atoms with Crippen LogP contribution in [0.4, 0.5) is 0 Å². The molecule has 0 amide bonds. The normalized spacial score (nSPS) is 13.9. The molecule has 0 aromatic carbocycles. The molecule has 1 atom stereocenters. The maximum Gasteiger partial charge on any atom is 0.155 e. The summed E-state index contributed by atoms with van der Waals surface area (Å²) in [6, 6.07) is 0. The van der Waals surface area contributed by atoms with Crippen molar-refractivity contribution in [2.75, 3.05) is 13.2 Å². The van der Waals surface area contributed by atoms with E-state index in [9.17, 15) is 0 Å². The van der Waals surface area contributed by atoms with Gasteiger partial charge in [-0.3, -0.25) is 0 Å². The highest BCUT2D eigenvalue weighted by Gasteiger charge is 1.96. The van der Waals surface area contributed by atoms with E-state index in [1.54, 1.807) is 0 Å². The summed E-state index contributed by atoms with van der Waals surface area (Å²) in [6.07, 6.45) is 6.42. The first-order valence-corrected chi connectivity index (χ1v) is 4.69. The summed E-state index contributed by atoms with van der Waals surface area (Å²) in [7, 11) is 0. The van der Waals surface area contributed by atoms with Crippen LogP contribution in [0.15, 0.2) is 12.2 Å². The van der Waals surface area contributed by atoms with Gasteiger partial charge in [0.2, 0.25) is 0 Å². The van der Waals surface area contributed by atoms with Gasteiger partial charge in [0.05, 0.1) is 6.61 Å². The lowest BCUT2D eigenvalue weighted by Crippen LogP contribution is -2.12. The Kier molecular flexibility index (Phi) is 8.51. The molecule has 0 fully saturated rings. The van der Waals surface area contributed by atoms with Crippen molar-refractivity contribution in [2.24, 2.45) is 0 Å². The summed E-state index contributed by atoms with van der Waals surface area (Å²) in [5, 5.41) is 0. The second-order valence-electron chi connectivity index (χ2n) is 2.62. The molecule has 72 valence electrons. The second-order valence-corrected chi connectivity index (χ2v) is 2.62. The van der Waals surface area contributed by atoms with Gasteiger partial charge in [-0.2, -0.15) is 0 Å². The number of hydrogen-bond donors (Lipinski definition) is 0. The van der Waals surface area contributed by atoms with Crippen molar-refractivity contribution in [1.29, 1.82) is 0 Å². The minimum atomic E-state index is -0.0822. The predicted molar refractivity (Wildman–Crippen MR) is 51.1 cm³/mol. The van der Waals surface area contributed by atoms with E-state index in [1.807, 2.05) is 19.9 Å². The summed E-state index contributed by atoms with van der Waals surface area (Å²) in [6.45, 7) is 7.40. The Bertz CT molecular complexity index is 110. The Morgan fingerprint density at radius 2 is 1.92 bits per heavy atom. The molecule has 0 saturated heterocycles. The molecule has 0 aliphatic carbocycles. The van der Waals surface area contributed by atoms with Gasteiger partial charge in [-0.05, 0) is 20.3 Å². The van der Waals surface area contributed by atoms with Crippen LogP contribution in [0.1, 0.15) is 33.6 Å². The van der Waals surface area contributed by atoms with Crippen molar-refractivity contribution in [3.05, 3.63) is 12.2 Å². The maximum absolute atomic E-state index is 5.32. The molecule has 12 heavy (non-hydrogen) atoms. The fraction of sp³-hybridized carbons (Fsp3) is 0.800. The third kappa shape index (κ3) is 7.76. The highest BCUT2D eigenvalue weighted by molar-refractivity contribution is 4.80. The minimum Gasteiger partial charge on any atom is -0.353 e. The van der Waals surface area contributed by atoms with Crippen LogP contribution in [0.2, 0.25) is 0 Å². The van der Waals surface area contributed by atoms with Crippen molar-refractivity contribution >= 4 is 0 Å². The zero-order valence-electron chi connectivity index (χ0n) is 8.38. The average molecular weight is 172 g/mol. The molecule has 0 aliphatic rings. The molecule has 2 nitrogen and oxygen atoms in total. The van der Waals surface area contributed by atoms with Crippen LogP contribution in [0.3, 0.4) is 0 Å². The molecule has 0 heterocycles. The van der Waals surface area contributed by atoms with Crippen LogP contribution in [-0.4, -0.2) is 19.5 Å². The number of unbranched alkanes of at least 4 members (excludes halogenated alkanes) is 1. The SMILES string of the molecule is CCC/C=C/CO[C@H](C)OCC. The van der Waals surface area contributed by atoms with Gasteiger partial charge in [0.15, 0.2) is 6.29 Å². The first-order valence-electron chi connectivity index (χ1n) is 4.69. The van der Waals surface area contributed by atoms with E-state index >= 15 is 0 Å². The first kappa shape index (κ1) is 11.7. The van der Waals surface area contributed by atoms with Crippen LogP contribution in [0.25, 0.3) is 0 Å². The average Bonchev–Trinajstić information content (AvgIpc) is 2.05. The molecule has 2 heteroatoms. The summed E-state index contributed by atoms with van der Waals surface area (Å²) in [5.41, 5.74) is 0. The number of allylic oxidation sites excluding steroid dienone is 1. The van der Waals surface area contributed by atoms with E-state index in [4.69, 9.17) is 9.47 Å². The molecule has 0 spiro atoms. The molecule has 0 aliphatic heterocycles. The molecule has 0 saturated carbocycles. The number of rotatable bonds is 7. The highest BCUT2D eigenvalue weighted by Crippen LogP contribution is 1.94. The van der Waals surface area contributed by atoms with Crippen LogP contribution in [0.5, 0.6) is 0 Å². The smallest absolute Gasteiger partial charge is 0.155 e. The fourth-order valence-corrected chi connectivity index (χ4v) is 0.826. The number of ether oxygens (including phenoxy) is 2. The predicted octanol–water partition coefficient (Wildman–Crippen LogP) is 2.74. The van der Waals surface area contributed by atoms with E-state index in [1.165, 1.54) is 6.42 Å². The Labute approximate surface area is 75.6 Å². The minimum absolute atomic E-state index is 0.0822. The van der Waals surface area contributed by atoms with Gasteiger partial charge in [-0.25, -0.2) is 0 Å². The molecular weight excluding hydrogens is 152 g/mol. The molecule has 0 bridgehead atoms. The Morgan fingerprint density at radius 3 is 2.50 bits per heavy atom. The third-order valence-corrected chi connectivity index (χ3v) is 1.45. The van der Waals surface area contributed by atoms with Gasteiger partial charge >= 0.3 is 0 Å². The summed E-state index contributed by atoms with van der Waals surface area (Å²) in [5.74, 6) is 0. The lowest BCUT2D eigenvalue weighted by atomic mass is 10.3. The standard InChI is InChI=1S/C10H20O2/c1-4-6-7-8-9-12-10(3)11-5-2/h7-8,10H,4-6,9H2,1-3H3/b8-7+/t10-/m1/s1. The van der Waals surface area contributed by atoms with E-state index < -0.39 is 0 Å². The van der Waals surface area contributed by atoms with Crippen molar-refractivity contribution in [1.82, 2.24) is 0 Å². The van der Waals surface area contributed by atoms with Gasteiger partial charge in [0.25, 0.3) is 0 Å². The van der Waals surface area contributed by atoms with Crippen molar-refractivity contribution in [3.8, 4) is 0 Å². The molecule has 0 aromatic rings. The van der Waals surface area contributed by atoms with E-state index in [0.29, 0.717) is 13.2 Å². The molecule has 0 radical (unpaired) electrons. The van der Waals surface area contributed by atoms with E-state index in [2.05, 4.69) is 13.0 Å². The molecule has 0 aromatic heterocycles. The topological polar surface area (TPSA) is 18.5 Å². The molecular formula is C10H20O2. The van der Waals surface area contributed by atoms with Gasteiger partial charge < -0.3 is 9.47 Å². The maximum atomic E-state index is 5.32. The monoisotopic (exact) mass is 172 g/mol. The van der Waals surface area contributed by atoms with Crippen LogP contribution >= 0.6 is 0 Å². The van der Waals surface area contributed by atoms with E-state index in [-0.39, 0.29) is 6.29 Å². The molecule has 0 unspecified atom stereocenters. The fourth-order valence-electron chi connectivity index (χ4n) is 0.826. The van der Waals surface area contributed by atoms with Crippen molar-refractivity contribution in [3.63, 3.8) is 0 Å². The first-order chi connectivity index (χ1) is 5.81. The molecule has 0 N–H and O–H groups in total. The third-order valence-electron chi connectivity index (χ3n) is 1.45. The summed E-state index contributed by atoms with van der Waals surface area (Å²) >= 11 is 0. The lowest BCUT2D eigenvalue weighted by molar-refractivity contribution is -0.118. The van der Waals surface area contributed by atoms with Gasteiger partial charge in [-0.15, -0.1) is 0 Å². The number of hydrogen-bond acceptors (Lipinski definition) is 2. The molecule has 0 rings (SSSR count). The van der Waals surface area contributed by atoms with Gasteiger partial charge in [0, 0.05) is 6.61 Å². The van der Waals surface area contributed by atoms with Crippen LogP contribution < -0.4 is 0 Å². The van der Waals surface area contributed by atoms with Crippen molar-refractivity contribution < 1.29 is 9.47 Å². The Morgan fingerprint density at radius 1 is 1.17 bits per heavy atom. The van der Waals surface area contributed by atoms with E-state index in [0.717, 1.165) is 6.42 Å². The van der Waals surface area contributed by atoms with Gasteiger partial charge in [0.1, 0.15) is 0 Å². The largest absolute Gasteiger partial charge is 0.353 e. The summed E-state index contributed by atoms with van der Waals surface area (Å²) < 4.78 is 10.5. The Hall–Kier alpha value is -0.340. The quantitative estimate of drug-likeness (QED) is 0.434. The second kappa shape index (κ2) is 8.75.